The molecule has 0 aliphatic heterocycles. The lowest BCUT2D eigenvalue weighted by molar-refractivity contribution is 0.0266. The summed E-state index contributed by atoms with van der Waals surface area (Å²) in [6.45, 7) is 2.07. The largest absolute Gasteiger partial charge is 0.367 e. The molecule has 0 aliphatic carbocycles. The molecule has 0 aliphatic rings. The number of rotatable bonds is 6. The number of nitrogens with two attached hydrogens (primary N) is 1. The molecule has 4 nitrogen and oxygen atoms in total. The molecule has 0 bridgehead atoms. The molecule has 0 aromatic rings. The molecule has 68 valence electrons. The third-order valence-corrected chi connectivity index (χ3v) is 1.60. The van der Waals surface area contributed by atoms with Gasteiger partial charge in [-0.1, -0.05) is 6.92 Å². The van der Waals surface area contributed by atoms with Gasteiger partial charge in [0.2, 0.25) is 0 Å². The Kier molecular flexibility index (Phi) is 6.45. The molecule has 0 rings (SSSR count). The van der Waals surface area contributed by atoms with Crippen molar-refractivity contribution in [1.29, 1.82) is 0 Å². The van der Waals surface area contributed by atoms with Crippen LogP contribution in [-0.2, 0) is 9.57 Å². The third kappa shape index (κ3) is 5.15. The van der Waals surface area contributed by atoms with Crippen LogP contribution in [0.15, 0.2) is 0 Å². The predicted molar refractivity (Wildman–Crippen MR) is 43.8 cm³/mol. The molecule has 4 heteroatoms. The highest BCUT2D eigenvalue weighted by Gasteiger charge is 2.09. The summed E-state index contributed by atoms with van der Waals surface area (Å²) in [4.78, 5) is 4.78. The molecule has 0 aromatic heterocycles. The summed E-state index contributed by atoms with van der Waals surface area (Å²) in [6, 6.07) is 0.273. The quantitative estimate of drug-likeness (QED) is 0.434. The fourth-order valence-electron chi connectivity index (χ4n) is 0.841. The second-order valence-corrected chi connectivity index (χ2v) is 2.44. The van der Waals surface area contributed by atoms with Crippen LogP contribution in [0.1, 0.15) is 19.8 Å². The average Bonchev–Trinajstić information content (AvgIpc) is 2.03. The lowest BCUT2D eigenvalue weighted by Gasteiger charge is -2.18. The monoisotopic (exact) mass is 162 g/mol. The molecule has 11 heavy (non-hydrogen) atoms. The van der Waals surface area contributed by atoms with Crippen molar-refractivity contribution in [3.8, 4) is 0 Å². The van der Waals surface area contributed by atoms with Crippen LogP contribution in [0, 0.1) is 0 Å². The zero-order chi connectivity index (χ0) is 8.69. The summed E-state index contributed by atoms with van der Waals surface area (Å²) in [5, 5.41) is 0. The van der Waals surface area contributed by atoms with Gasteiger partial charge >= 0.3 is 0 Å². The van der Waals surface area contributed by atoms with Crippen molar-refractivity contribution in [2.24, 2.45) is 5.73 Å². The minimum Gasteiger partial charge on any atom is -0.367 e. The minimum atomic E-state index is -0.206. The SMILES string of the molecule is CCC(CC(N)OC)NOC. The van der Waals surface area contributed by atoms with Crippen molar-refractivity contribution in [2.75, 3.05) is 14.2 Å². The van der Waals surface area contributed by atoms with Crippen molar-refractivity contribution < 1.29 is 9.57 Å². The topological polar surface area (TPSA) is 56.5 Å². The van der Waals surface area contributed by atoms with Crippen molar-refractivity contribution in [1.82, 2.24) is 5.48 Å². The van der Waals surface area contributed by atoms with Gasteiger partial charge in [-0.05, 0) is 6.42 Å². The highest BCUT2D eigenvalue weighted by Crippen LogP contribution is 2.00. The summed E-state index contributed by atoms with van der Waals surface area (Å²) in [5.41, 5.74) is 8.40. The Balaban J connectivity index is 3.49. The van der Waals surface area contributed by atoms with Crippen molar-refractivity contribution in [3.63, 3.8) is 0 Å². The van der Waals surface area contributed by atoms with Crippen LogP contribution >= 0.6 is 0 Å². The predicted octanol–water partition coefficient (Wildman–Crippen LogP) is 0.237. The molecule has 0 amide bonds. The Morgan fingerprint density at radius 2 is 2.09 bits per heavy atom. The number of ether oxygens (including phenoxy) is 1. The van der Waals surface area contributed by atoms with E-state index in [1.54, 1.807) is 14.2 Å². The first kappa shape index (κ1) is 10.8. The number of hydrogen-bond acceptors (Lipinski definition) is 4. The summed E-state index contributed by atoms with van der Waals surface area (Å²) in [6.07, 6.45) is 1.54. The molecule has 0 fully saturated rings. The van der Waals surface area contributed by atoms with Crippen LogP contribution in [0.25, 0.3) is 0 Å². The van der Waals surface area contributed by atoms with Gasteiger partial charge in [0, 0.05) is 19.6 Å². The lowest BCUT2D eigenvalue weighted by atomic mass is 10.1. The van der Waals surface area contributed by atoms with Gasteiger partial charge < -0.3 is 15.3 Å². The van der Waals surface area contributed by atoms with E-state index in [0.29, 0.717) is 0 Å². The molecule has 2 atom stereocenters. The standard InChI is InChI=1S/C7H18N2O2/c1-4-6(9-11-3)5-7(8)10-2/h6-7,9H,4-5,8H2,1-3H3. The fraction of sp³-hybridized carbons (Fsp3) is 1.00. The van der Waals surface area contributed by atoms with Crippen molar-refractivity contribution in [2.45, 2.75) is 32.0 Å². The van der Waals surface area contributed by atoms with E-state index >= 15 is 0 Å². The fourth-order valence-corrected chi connectivity index (χ4v) is 0.841. The Morgan fingerprint density at radius 3 is 2.45 bits per heavy atom. The molecular formula is C7H18N2O2. The maximum atomic E-state index is 5.56. The Morgan fingerprint density at radius 1 is 1.45 bits per heavy atom. The van der Waals surface area contributed by atoms with E-state index in [9.17, 15) is 0 Å². The van der Waals surface area contributed by atoms with Gasteiger partial charge in [-0.15, -0.1) is 0 Å². The molecule has 0 spiro atoms. The zero-order valence-electron chi connectivity index (χ0n) is 7.46. The van der Waals surface area contributed by atoms with Crippen molar-refractivity contribution >= 4 is 0 Å². The van der Waals surface area contributed by atoms with Gasteiger partial charge in [0.25, 0.3) is 0 Å². The van der Waals surface area contributed by atoms with E-state index in [2.05, 4.69) is 12.4 Å². The first-order valence-corrected chi connectivity index (χ1v) is 3.81. The average molecular weight is 162 g/mol. The summed E-state index contributed by atoms with van der Waals surface area (Å²) >= 11 is 0. The van der Waals surface area contributed by atoms with E-state index in [-0.39, 0.29) is 12.3 Å². The molecule has 0 radical (unpaired) electrons. The van der Waals surface area contributed by atoms with Gasteiger partial charge in [0.05, 0.1) is 7.11 Å². The van der Waals surface area contributed by atoms with Crippen molar-refractivity contribution in [3.05, 3.63) is 0 Å². The molecule has 2 unspecified atom stereocenters. The number of hydroxylamine groups is 1. The second kappa shape index (κ2) is 6.54. The van der Waals surface area contributed by atoms with Crippen LogP contribution in [0.4, 0.5) is 0 Å². The Hall–Kier alpha value is -0.160. The third-order valence-electron chi connectivity index (χ3n) is 1.60. The lowest BCUT2D eigenvalue weighted by Crippen LogP contribution is -2.35. The first-order chi connectivity index (χ1) is 5.24. The van der Waals surface area contributed by atoms with Crippen LogP contribution < -0.4 is 11.2 Å². The second-order valence-electron chi connectivity index (χ2n) is 2.44. The molecule has 0 aromatic carbocycles. The molecule has 0 heterocycles. The van der Waals surface area contributed by atoms with Gasteiger partial charge in [0.1, 0.15) is 6.23 Å². The molecular weight excluding hydrogens is 144 g/mol. The van der Waals surface area contributed by atoms with Gasteiger partial charge in [0.15, 0.2) is 0 Å². The molecule has 0 saturated carbocycles. The minimum absolute atomic E-state index is 0.206. The van der Waals surface area contributed by atoms with E-state index in [4.69, 9.17) is 15.3 Å². The first-order valence-electron chi connectivity index (χ1n) is 3.81. The van der Waals surface area contributed by atoms with Crippen LogP contribution in [0.3, 0.4) is 0 Å². The van der Waals surface area contributed by atoms with E-state index < -0.39 is 0 Å². The van der Waals surface area contributed by atoms with Gasteiger partial charge in [-0.2, -0.15) is 5.48 Å². The number of nitrogens with one attached hydrogen (secondary N) is 1. The smallest absolute Gasteiger partial charge is 0.106 e. The Bertz CT molecular complexity index is 90.5. The van der Waals surface area contributed by atoms with Gasteiger partial charge in [-0.25, -0.2) is 0 Å². The highest BCUT2D eigenvalue weighted by molar-refractivity contribution is 4.63. The van der Waals surface area contributed by atoms with E-state index in [1.165, 1.54) is 0 Å². The number of hydrogen-bond donors (Lipinski definition) is 2. The maximum absolute atomic E-state index is 5.56. The number of methoxy groups -OCH3 is 1. The maximum Gasteiger partial charge on any atom is 0.106 e. The summed E-state index contributed by atoms with van der Waals surface area (Å²) in [7, 11) is 3.20. The zero-order valence-corrected chi connectivity index (χ0v) is 7.46. The summed E-state index contributed by atoms with van der Waals surface area (Å²) in [5.74, 6) is 0. The van der Waals surface area contributed by atoms with Crippen LogP contribution in [0.2, 0.25) is 0 Å². The normalized spacial score (nSPS) is 16.4. The van der Waals surface area contributed by atoms with Crippen LogP contribution in [-0.4, -0.2) is 26.5 Å². The highest BCUT2D eigenvalue weighted by atomic mass is 16.6. The van der Waals surface area contributed by atoms with Gasteiger partial charge in [-0.3, -0.25) is 0 Å². The molecule has 0 saturated heterocycles. The molecule has 3 N–H and O–H groups in total. The van der Waals surface area contributed by atoms with E-state index in [1.807, 2.05) is 0 Å². The van der Waals surface area contributed by atoms with Crippen LogP contribution in [0.5, 0.6) is 0 Å². The Labute approximate surface area is 68.0 Å². The summed E-state index contributed by atoms with van der Waals surface area (Å²) < 4.78 is 4.91. The van der Waals surface area contributed by atoms with E-state index in [0.717, 1.165) is 12.8 Å².